The van der Waals surface area contributed by atoms with Gasteiger partial charge >= 0.3 is 0 Å². The second-order valence-corrected chi connectivity index (χ2v) is 6.70. The van der Waals surface area contributed by atoms with E-state index in [1.165, 1.54) is 0 Å². The van der Waals surface area contributed by atoms with Crippen molar-refractivity contribution in [3.05, 3.63) is 70.4 Å². The SMILES string of the molecule is COc1ccccc1CCNc1cc(C)nc(Nc2ccc(C)c(Cl)c2)n1. The van der Waals surface area contributed by atoms with Crippen LogP contribution in [0.1, 0.15) is 16.8 Å². The van der Waals surface area contributed by atoms with Crippen molar-refractivity contribution in [3.63, 3.8) is 0 Å². The van der Waals surface area contributed by atoms with Gasteiger partial charge in [0, 0.05) is 29.0 Å². The van der Waals surface area contributed by atoms with Gasteiger partial charge in [0.15, 0.2) is 0 Å². The van der Waals surface area contributed by atoms with Gasteiger partial charge in [0.25, 0.3) is 0 Å². The van der Waals surface area contributed by atoms with Gasteiger partial charge in [0.05, 0.1) is 7.11 Å². The molecule has 0 aliphatic carbocycles. The van der Waals surface area contributed by atoms with E-state index < -0.39 is 0 Å². The van der Waals surface area contributed by atoms with Gasteiger partial charge in [0.2, 0.25) is 5.95 Å². The zero-order valence-corrected chi connectivity index (χ0v) is 16.5. The first-order chi connectivity index (χ1) is 13.0. The van der Waals surface area contributed by atoms with Gasteiger partial charge in [-0.2, -0.15) is 4.98 Å². The molecule has 0 saturated carbocycles. The van der Waals surface area contributed by atoms with Crippen molar-refractivity contribution >= 4 is 29.1 Å². The molecular formula is C21H23ClN4O. The molecule has 3 rings (SSSR count). The lowest BCUT2D eigenvalue weighted by atomic mass is 10.1. The van der Waals surface area contributed by atoms with Crippen molar-refractivity contribution in [2.75, 3.05) is 24.3 Å². The number of aromatic nitrogens is 2. The van der Waals surface area contributed by atoms with Crippen LogP contribution in [0, 0.1) is 13.8 Å². The number of halogens is 1. The van der Waals surface area contributed by atoms with E-state index in [-0.39, 0.29) is 0 Å². The smallest absolute Gasteiger partial charge is 0.229 e. The van der Waals surface area contributed by atoms with Gasteiger partial charge in [-0.25, -0.2) is 4.98 Å². The molecule has 1 heterocycles. The highest BCUT2D eigenvalue weighted by atomic mass is 35.5. The van der Waals surface area contributed by atoms with Crippen LogP contribution in [0.4, 0.5) is 17.5 Å². The number of ether oxygens (including phenoxy) is 1. The van der Waals surface area contributed by atoms with Crippen LogP contribution in [0.5, 0.6) is 5.75 Å². The number of hydrogen-bond donors (Lipinski definition) is 2. The van der Waals surface area contributed by atoms with Crippen molar-refractivity contribution in [1.82, 2.24) is 9.97 Å². The molecule has 140 valence electrons. The molecule has 0 aliphatic heterocycles. The summed E-state index contributed by atoms with van der Waals surface area (Å²) >= 11 is 6.19. The monoisotopic (exact) mass is 382 g/mol. The molecule has 0 fully saturated rings. The molecule has 0 amide bonds. The molecule has 0 radical (unpaired) electrons. The molecule has 0 aliphatic rings. The van der Waals surface area contributed by atoms with Crippen LogP contribution in [0.3, 0.4) is 0 Å². The topological polar surface area (TPSA) is 59.1 Å². The first-order valence-electron chi connectivity index (χ1n) is 8.80. The van der Waals surface area contributed by atoms with Crippen molar-refractivity contribution in [1.29, 1.82) is 0 Å². The predicted octanol–water partition coefficient (Wildman–Crippen LogP) is 5.15. The molecule has 27 heavy (non-hydrogen) atoms. The molecule has 0 spiro atoms. The predicted molar refractivity (Wildman–Crippen MR) is 111 cm³/mol. The Morgan fingerprint density at radius 1 is 1.04 bits per heavy atom. The summed E-state index contributed by atoms with van der Waals surface area (Å²) in [4.78, 5) is 9.00. The quantitative estimate of drug-likeness (QED) is 0.591. The standard InChI is InChI=1S/C21H23ClN4O/c1-14-8-9-17(13-18(14)22)25-21-24-15(2)12-20(26-21)23-11-10-16-6-4-5-7-19(16)27-3/h4-9,12-13H,10-11H2,1-3H3,(H2,23,24,25,26). The first-order valence-corrected chi connectivity index (χ1v) is 9.17. The number of para-hydroxylation sites is 1. The van der Waals surface area contributed by atoms with Gasteiger partial charge in [-0.3, -0.25) is 0 Å². The van der Waals surface area contributed by atoms with Crippen LogP contribution in [-0.4, -0.2) is 23.6 Å². The lowest BCUT2D eigenvalue weighted by Gasteiger charge is -2.12. The van der Waals surface area contributed by atoms with E-state index >= 15 is 0 Å². The molecule has 6 heteroatoms. The van der Waals surface area contributed by atoms with E-state index in [0.29, 0.717) is 11.0 Å². The summed E-state index contributed by atoms with van der Waals surface area (Å²) < 4.78 is 5.40. The van der Waals surface area contributed by atoms with Crippen LogP contribution in [0.2, 0.25) is 5.02 Å². The summed E-state index contributed by atoms with van der Waals surface area (Å²) in [7, 11) is 1.69. The Bertz CT molecular complexity index is 930. The number of nitrogens with zero attached hydrogens (tertiary/aromatic N) is 2. The molecular weight excluding hydrogens is 360 g/mol. The van der Waals surface area contributed by atoms with E-state index in [1.807, 2.05) is 56.3 Å². The van der Waals surface area contributed by atoms with E-state index in [1.54, 1.807) is 7.11 Å². The molecule has 0 bridgehead atoms. The van der Waals surface area contributed by atoms with Crippen LogP contribution in [-0.2, 0) is 6.42 Å². The van der Waals surface area contributed by atoms with E-state index in [2.05, 4.69) is 26.7 Å². The maximum atomic E-state index is 6.19. The summed E-state index contributed by atoms with van der Waals surface area (Å²) in [6, 6.07) is 15.8. The second-order valence-electron chi connectivity index (χ2n) is 6.30. The summed E-state index contributed by atoms with van der Waals surface area (Å²) in [5, 5.41) is 7.28. The van der Waals surface area contributed by atoms with Crippen molar-refractivity contribution in [3.8, 4) is 5.75 Å². The number of benzene rings is 2. The summed E-state index contributed by atoms with van der Waals surface area (Å²) in [5.74, 6) is 2.21. The fourth-order valence-electron chi connectivity index (χ4n) is 2.75. The third-order valence-electron chi connectivity index (χ3n) is 4.18. The summed E-state index contributed by atoms with van der Waals surface area (Å²) in [6.45, 7) is 4.66. The fraction of sp³-hybridized carbons (Fsp3) is 0.238. The lowest BCUT2D eigenvalue weighted by Crippen LogP contribution is -2.09. The zero-order valence-electron chi connectivity index (χ0n) is 15.7. The Morgan fingerprint density at radius 3 is 2.63 bits per heavy atom. The maximum absolute atomic E-state index is 6.19. The second kappa shape index (κ2) is 8.73. The minimum absolute atomic E-state index is 0.537. The number of nitrogens with one attached hydrogen (secondary N) is 2. The molecule has 5 nitrogen and oxygen atoms in total. The van der Waals surface area contributed by atoms with Crippen LogP contribution >= 0.6 is 11.6 Å². The largest absolute Gasteiger partial charge is 0.496 e. The number of aryl methyl sites for hydroxylation is 2. The molecule has 0 unspecified atom stereocenters. The summed E-state index contributed by atoms with van der Waals surface area (Å²) in [6.07, 6.45) is 0.837. The van der Waals surface area contributed by atoms with Crippen LogP contribution in [0.25, 0.3) is 0 Å². The van der Waals surface area contributed by atoms with Gasteiger partial charge in [-0.05, 0) is 49.6 Å². The molecule has 0 saturated heterocycles. The maximum Gasteiger partial charge on any atom is 0.229 e. The summed E-state index contributed by atoms with van der Waals surface area (Å²) in [5.41, 5.74) is 3.93. The van der Waals surface area contributed by atoms with Crippen molar-refractivity contribution < 1.29 is 4.74 Å². The molecule has 0 atom stereocenters. The lowest BCUT2D eigenvalue weighted by molar-refractivity contribution is 0.410. The molecule has 1 aromatic heterocycles. The van der Waals surface area contributed by atoms with Gasteiger partial charge in [0.1, 0.15) is 11.6 Å². The molecule has 2 aromatic carbocycles. The molecule has 2 N–H and O–H groups in total. The van der Waals surface area contributed by atoms with Gasteiger partial charge < -0.3 is 15.4 Å². The minimum atomic E-state index is 0.537. The van der Waals surface area contributed by atoms with Gasteiger partial charge in [-0.1, -0.05) is 35.9 Å². The third-order valence-corrected chi connectivity index (χ3v) is 4.58. The molecule has 3 aromatic rings. The number of methoxy groups -OCH3 is 1. The van der Waals surface area contributed by atoms with Crippen molar-refractivity contribution in [2.45, 2.75) is 20.3 Å². The number of hydrogen-bond acceptors (Lipinski definition) is 5. The van der Waals surface area contributed by atoms with E-state index in [4.69, 9.17) is 16.3 Å². The average Bonchev–Trinajstić information content (AvgIpc) is 2.65. The Kier molecular flexibility index (Phi) is 6.14. The Morgan fingerprint density at radius 2 is 1.85 bits per heavy atom. The normalized spacial score (nSPS) is 10.5. The van der Waals surface area contributed by atoms with Crippen LogP contribution < -0.4 is 15.4 Å². The highest BCUT2D eigenvalue weighted by molar-refractivity contribution is 6.31. The van der Waals surface area contributed by atoms with E-state index in [9.17, 15) is 0 Å². The van der Waals surface area contributed by atoms with Crippen LogP contribution in [0.15, 0.2) is 48.5 Å². The number of rotatable bonds is 7. The first kappa shape index (κ1) is 19.0. The van der Waals surface area contributed by atoms with Crippen molar-refractivity contribution in [2.24, 2.45) is 0 Å². The average molecular weight is 383 g/mol. The van der Waals surface area contributed by atoms with Gasteiger partial charge in [-0.15, -0.1) is 0 Å². The Hall–Kier alpha value is -2.79. The number of anilines is 3. The Labute approximate surface area is 164 Å². The Balaban J connectivity index is 1.67. The zero-order chi connectivity index (χ0) is 19.2. The highest BCUT2D eigenvalue weighted by Gasteiger charge is 2.06. The van der Waals surface area contributed by atoms with E-state index in [0.717, 1.165) is 47.0 Å². The highest BCUT2D eigenvalue weighted by Crippen LogP contribution is 2.23. The fourth-order valence-corrected chi connectivity index (χ4v) is 2.93. The third kappa shape index (κ3) is 5.11. The minimum Gasteiger partial charge on any atom is -0.496 e.